The van der Waals surface area contributed by atoms with Crippen molar-refractivity contribution in [1.82, 2.24) is 20.0 Å². The minimum atomic E-state index is -0.154. The third-order valence-corrected chi connectivity index (χ3v) is 4.94. The maximum absolute atomic E-state index is 12.4. The van der Waals surface area contributed by atoms with Crippen molar-refractivity contribution in [2.45, 2.75) is 32.2 Å². The van der Waals surface area contributed by atoms with Crippen molar-refractivity contribution in [2.75, 3.05) is 19.7 Å². The summed E-state index contributed by atoms with van der Waals surface area (Å²) in [6.07, 6.45) is 3.76. The van der Waals surface area contributed by atoms with Gasteiger partial charge < -0.3 is 10.1 Å². The van der Waals surface area contributed by atoms with Crippen molar-refractivity contribution in [3.05, 3.63) is 40.8 Å². The summed E-state index contributed by atoms with van der Waals surface area (Å²) in [5.41, 5.74) is 0. The molecule has 2 atom stereocenters. The smallest absolute Gasteiger partial charge is 0.237 e. The van der Waals surface area contributed by atoms with Gasteiger partial charge in [-0.05, 0) is 24.4 Å². The summed E-state index contributed by atoms with van der Waals surface area (Å²) in [6, 6.07) is 5.78. The molecule has 1 saturated heterocycles. The summed E-state index contributed by atoms with van der Waals surface area (Å²) >= 11 is 1.66. The molecule has 1 aliphatic rings. The minimum Gasteiger partial charge on any atom is -0.374 e. The molecular weight excluding hydrogens is 312 g/mol. The van der Waals surface area contributed by atoms with E-state index < -0.39 is 0 Å². The molecule has 0 radical (unpaired) electrons. The van der Waals surface area contributed by atoms with E-state index in [0.717, 1.165) is 13.1 Å². The Balaban J connectivity index is 1.49. The van der Waals surface area contributed by atoms with E-state index in [1.54, 1.807) is 17.5 Å². The normalized spacial score (nSPS) is 20.3. The SMILES string of the molecule is C[C@H](C(=O)NCc1cccs1)N1CCO[C@@H](Cn2cccn2)C1. The van der Waals surface area contributed by atoms with Crippen molar-refractivity contribution < 1.29 is 9.53 Å². The molecule has 23 heavy (non-hydrogen) atoms. The fourth-order valence-corrected chi connectivity index (χ4v) is 3.37. The Morgan fingerprint density at radius 2 is 2.48 bits per heavy atom. The number of rotatable bonds is 6. The van der Waals surface area contributed by atoms with Gasteiger partial charge in [-0.15, -0.1) is 11.3 Å². The molecule has 7 heteroatoms. The third kappa shape index (κ3) is 4.40. The average Bonchev–Trinajstić information content (AvgIpc) is 3.25. The number of hydrogen-bond donors (Lipinski definition) is 1. The van der Waals surface area contributed by atoms with Gasteiger partial charge in [-0.1, -0.05) is 6.07 Å². The van der Waals surface area contributed by atoms with Crippen LogP contribution >= 0.6 is 11.3 Å². The molecule has 0 aromatic carbocycles. The number of nitrogens with one attached hydrogen (secondary N) is 1. The first-order valence-electron chi connectivity index (χ1n) is 7.85. The highest BCUT2D eigenvalue weighted by atomic mass is 32.1. The molecule has 0 bridgehead atoms. The number of morpholine rings is 1. The molecule has 1 fully saturated rings. The van der Waals surface area contributed by atoms with Crippen molar-refractivity contribution in [3.63, 3.8) is 0 Å². The summed E-state index contributed by atoms with van der Waals surface area (Å²) in [5.74, 6) is 0.0677. The highest BCUT2D eigenvalue weighted by molar-refractivity contribution is 7.09. The van der Waals surface area contributed by atoms with Crippen molar-refractivity contribution in [1.29, 1.82) is 0 Å². The zero-order valence-electron chi connectivity index (χ0n) is 13.2. The van der Waals surface area contributed by atoms with Gasteiger partial charge in [0.25, 0.3) is 0 Å². The van der Waals surface area contributed by atoms with Crippen LogP contribution in [0, 0.1) is 0 Å². The number of amides is 1. The van der Waals surface area contributed by atoms with Gasteiger partial charge in [0.1, 0.15) is 0 Å². The fraction of sp³-hybridized carbons (Fsp3) is 0.500. The molecule has 0 saturated carbocycles. The van der Waals surface area contributed by atoms with Gasteiger partial charge in [0, 0.05) is 30.4 Å². The molecule has 0 unspecified atom stereocenters. The van der Waals surface area contributed by atoms with Crippen LogP contribution in [0.5, 0.6) is 0 Å². The van der Waals surface area contributed by atoms with Gasteiger partial charge in [-0.3, -0.25) is 14.4 Å². The molecule has 124 valence electrons. The van der Waals surface area contributed by atoms with Crippen molar-refractivity contribution in [2.24, 2.45) is 0 Å². The van der Waals surface area contributed by atoms with Crippen LogP contribution in [0.2, 0.25) is 0 Å². The second kappa shape index (κ2) is 7.72. The molecule has 6 nitrogen and oxygen atoms in total. The molecule has 3 heterocycles. The Kier molecular flexibility index (Phi) is 5.43. The maximum Gasteiger partial charge on any atom is 0.237 e. The third-order valence-electron chi connectivity index (χ3n) is 4.06. The van der Waals surface area contributed by atoms with Gasteiger partial charge in [0.2, 0.25) is 5.91 Å². The largest absolute Gasteiger partial charge is 0.374 e. The predicted molar refractivity (Wildman–Crippen MR) is 89.2 cm³/mol. The van der Waals surface area contributed by atoms with Crippen LogP contribution in [0.3, 0.4) is 0 Å². The summed E-state index contributed by atoms with van der Waals surface area (Å²) in [6.45, 7) is 5.44. The highest BCUT2D eigenvalue weighted by Gasteiger charge is 2.28. The van der Waals surface area contributed by atoms with Crippen molar-refractivity contribution >= 4 is 17.2 Å². The average molecular weight is 334 g/mol. The molecular formula is C16H22N4O2S. The summed E-state index contributed by atoms with van der Waals surface area (Å²) in [4.78, 5) is 15.7. The van der Waals surface area contributed by atoms with Crippen LogP contribution in [0.4, 0.5) is 0 Å². The predicted octanol–water partition coefficient (Wildman–Crippen LogP) is 1.35. The Labute approximate surface area is 140 Å². The number of hydrogen-bond acceptors (Lipinski definition) is 5. The van der Waals surface area contributed by atoms with Gasteiger partial charge in [0.05, 0.1) is 31.8 Å². The second-order valence-corrected chi connectivity index (χ2v) is 6.72. The van der Waals surface area contributed by atoms with E-state index in [2.05, 4.69) is 15.3 Å². The van der Waals surface area contributed by atoms with Crippen LogP contribution in [0.25, 0.3) is 0 Å². The number of carbonyl (C=O) groups is 1. The Morgan fingerprint density at radius 1 is 1.57 bits per heavy atom. The topological polar surface area (TPSA) is 59.4 Å². The summed E-state index contributed by atoms with van der Waals surface area (Å²) < 4.78 is 7.67. The lowest BCUT2D eigenvalue weighted by Crippen LogP contribution is -2.52. The van der Waals surface area contributed by atoms with Crippen LogP contribution in [0.15, 0.2) is 36.0 Å². The standard InChI is InChI=1S/C16H22N4O2S/c1-13(16(21)17-10-15-4-2-9-23-15)19-7-8-22-14(11-19)12-20-6-3-5-18-20/h2-6,9,13-14H,7-8,10-12H2,1H3,(H,17,21)/t13-,14-/m1/s1. The summed E-state index contributed by atoms with van der Waals surface area (Å²) in [7, 11) is 0. The van der Waals surface area contributed by atoms with E-state index in [9.17, 15) is 4.79 Å². The number of ether oxygens (including phenoxy) is 1. The van der Waals surface area contributed by atoms with E-state index in [-0.39, 0.29) is 18.1 Å². The Hall–Kier alpha value is -1.70. The zero-order valence-corrected chi connectivity index (χ0v) is 14.0. The first-order valence-corrected chi connectivity index (χ1v) is 8.73. The number of carbonyl (C=O) groups excluding carboxylic acids is 1. The van der Waals surface area contributed by atoms with E-state index in [0.29, 0.717) is 19.7 Å². The maximum atomic E-state index is 12.4. The van der Waals surface area contributed by atoms with Gasteiger partial charge in [-0.2, -0.15) is 5.10 Å². The first-order chi connectivity index (χ1) is 11.2. The van der Waals surface area contributed by atoms with Crippen LogP contribution in [-0.2, 0) is 22.6 Å². The van der Waals surface area contributed by atoms with Gasteiger partial charge in [0.15, 0.2) is 0 Å². The van der Waals surface area contributed by atoms with E-state index in [4.69, 9.17) is 4.74 Å². The fourth-order valence-electron chi connectivity index (χ4n) is 2.72. The number of aromatic nitrogens is 2. The molecule has 2 aromatic heterocycles. The van der Waals surface area contributed by atoms with Gasteiger partial charge >= 0.3 is 0 Å². The quantitative estimate of drug-likeness (QED) is 0.866. The lowest BCUT2D eigenvalue weighted by Gasteiger charge is -2.36. The molecule has 1 amide bonds. The lowest BCUT2D eigenvalue weighted by atomic mass is 10.2. The molecule has 3 rings (SSSR count). The van der Waals surface area contributed by atoms with E-state index in [1.807, 2.05) is 41.4 Å². The van der Waals surface area contributed by atoms with E-state index in [1.165, 1.54) is 4.88 Å². The molecule has 0 spiro atoms. The monoisotopic (exact) mass is 334 g/mol. The lowest BCUT2D eigenvalue weighted by molar-refractivity contribution is -0.129. The van der Waals surface area contributed by atoms with Crippen LogP contribution in [0.1, 0.15) is 11.8 Å². The minimum absolute atomic E-state index is 0.0659. The number of thiophene rings is 1. The molecule has 1 aliphatic heterocycles. The Bertz CT molecular complexity index is 600. The Morgan fingerprint density at radius 3 is 3.22 bits per heavy atom. The molecule has 1 N–H and O–H groups in total. The zero-order chi connectivity index (χ0) is 16.1. The molecule has 0 aliphatic carbocycles. The summed E-state index contributed by atoms with van der Waals surface area (Å²) in [5, 5.41) is 9.25. The first kappa shape index (κ1) is 16.2. The van der Waals surface area contributed by atoms with E-state index >= 15 is 0 Å². The molecule has 2 aromatic rings. The highest BCUT2D eigenvalue weighted by Crippen LogP contribution is 2.12. The van der Waals surface area contributed by atoms with Crippen LogP contribution in [-0.4, -0.2) is 52.4 Å². The van der Waals surface area contributed by atoms with Crippen molar-refractivity contribution in [3.8, 4) is 0 Å². The van der Waals surface area contributed by atoms with Crippen LogP contribution < -0.4 is 5.32 Å². The second-order valence-electron chi connectivity index (χ2n) is 5.69. The van der Waals surface area contributed by atoms with Gasteiger partial charge in [-0.25, -0.2) is 0 Å². The number of nitrogens with zero attached hydrogens (tertiary/aromatic N) is 3.